The van der Waals surface area contributed by atoms with Gasteiger partial charge in [-0.1, -0.05) is 23.2 Å². The molecule has 0 unspecified atom stereocenters. The molecule has 1 aromatic heterocycles. The molecule has 0 atom stereocenters. The Kier molecular flexibility index (Phi) is 6.20. The van der Waals surface area contributed by atoms with Crippen LogP contribution in [0.5, 0.6) is 0 Å². The lowest BCUT2D eigenvalue weighted by Crippen LogP contribution is -2.46. The monoisotopic (exact) mass is 414 g/mol. The molecule has 1 fully saturated rings. The molecule has 1 aliphatic heterocycles. The Morgan fingerprint density at radius 1 is 0.893 bits per heavy atom. The van der Waals surface area contributed by atoms with Gasteiger partial charge < -0.3 is 10.2 Å². The van der Waals surface area contributed by atoms with Gasteiger partial charge in [0.05, 0.1) is 5.52 Å². The van der Waals surface area contributed by atoms with Crippen molar-refractivity contribution in [2.75, 3.05) is 49.5 Å². The van der Waals surface area contributed by atoms with Gasteiger partial charge in [-0.05, 0) is 61.5 Å². The first-order chi connectivity index (χ1) is 13.7. The number of nitrogens with zero attached hydrogens (tertiary/aromatic N) is 3. The van der Waals surface area contributed by atoms with Crippen LogP contribution in [0, 0.1) is 0 Å². The zero-order valence-corrected chi connectivity index (χ0v) is 17.3. The summed E-state index contributed by atoms with van der Waals surface area (Å²) in [5, 5.41) is 6.18. The molecule has 6 heteroatoms. The maximum absolute atomic E-state index is 6.06. The van der Waals surface area contributed by atoms with E-state index in [1.54, 1.807) is 0 Å². The molecular weight excluding hydrogens is 391 g/mol. The maximum atomic E-state index is 6.06. The van der Waals surface area contributed by atoms with Gasteiger partial charge in [-0.3, -0.25) is 9.88 Å². The lowest BCUT2D eigenvalue weighted by Gasteiger charge is -2.36. The molecule has 4 nitrogen and oxygen atoms in total. The molecule has 2 heterocycles. The molecular formula is C22H24Cl2N4. The van der Waals surface area contributed by atoms with Crippen LogP contribution >= 0.6 is 23.2 Å². The van der Waals surface area contributed by atoms with Gasteiger partial charge in [0.25, 0.3) is 0 Å². The number of nitrogens with one attached hydrogen (secondary N) is 1. The Morgan fingerprint density at radius 2 is 1.64 bits per heavy atom. The highest BCUT2D eigenvalue weighted by atomic mass is 35.5. The van der Waals surface area contributed by atoms with Crippen LogP contribution in [-0.2, 0) is 0 Å². The SMILES string of the molecule is Clc1ccc(N2CCN(CCCNc3ccnc4cc(Cl)ccc34)CC2)cc1. The lowest BCUT2D eigenvalue weighted by molar-refractivity contribution is 0.257. The fourth-order valence-electron chi connectivity index (χ4n) is 3.68. The fourth-order valence-corrected chi connectivity index (χ4v) is 3.98. The average molecular weight is 415 g/mol. The van der Waals surface area contributed by atoms with E-state index in [1.807, 2.05) is 42.6 Å². The second-order valence-corrected chi connectivity index (χ2v) is 7.98. The molecule has 1 N–H and O–H groups in total. The predicted octanol–water partition coefficient (Wildman–Crippen LogP) is 5.17. The number of pyridine rings is 1. The van der Waals surface area contributed by atoms with Gasteiger partial charge in [-0.25, -0.2) is 0 Å². The van der Waals surface area contributed by atoms with E-state index >= 15 is 0 Å². The summed E-state index contributed by atoms with van der Waals surface area (Å²) in [7, 11) is 0. The molecule has 0 aliphatic carbocycles. The maximum Gasteiger partial charge on any atom is 0.0737 e. The van der Waals surface area contributed by atoms with Crippen LogP contribution in [0.4, 0.5) is 11.4 Å². The summed E-state index contributed by atoms with van der Waals surface area (Å²) in [5.74, 6) is 0. The minimum Gasteiger partial charge on any atom is -0.384 e. The minimum atomic E-state index is 0.717. The summed E-state index contributed by atoms with van der Waals surface area (Å²) >= 11 is 12.1. The Labute approximate surface area is 176 Å². The smallest absolute Gasteiger partial charge is 0.0737 e. The van der Waals surface area contributed by atoms with Crippen LogP contribution in [0.25, 0.3) is 10.9 Å². The van der Waals surface area contributed by atoms with Gasteiger partial charge in [-0.15, -0.1) is 0 Å². The number of hydrogen-bond acceptors (Lipinski definition) is 4. The van der Waals surface area contributed by atoms with Crippen LogP contribution in [0.15, 0.2) is 54.7 Å². The first-order valence-corrected chi connectivity index (χ1v) is 10.5. The molecule has 1 aliphatic rings. The predicted molar refractivity (Wildman–Crippen MR) is 120 cm³/mol. The van der Waals surface area contributed by atoms with Crippen LogP contribution < -0.4 is 10.2 Å². The molecule has 0 amide bonds. The number of rotatable bonds is 6. The largest absolute Gasteiger partial charge is 0.384 e. The number of hydrogen-bond donors (Lipinski definition) is 1. The van der Waals surface area contributed by atoms with E-state index in [2.05, 4.69) is 32.2 Å². The minimum absolute atomic E-state index is 0.717. The summed E-state index contributed by atoms with van der Waals surface area (Å²) < 4.78 is 0. The third-order valence-electron chi connectivity index (χ3n) is 5.24. The molecule has 28 heavy (non-hydrogen) atoms. The van der Waals surface area contributed by atoms with E-state index < -0.39 is 0 Å². The molecule has 4 rings (SSSR count). The van der Waals surface area contributed by atoms with Crippen LogP contribution in [0.2, 0.25) is 10.0 Å². The van der Waals surface area contributed by atoms with Crippen molar-refractivity contribution in [3.8, 4) is 0 Å². The summed E-state index contributed by atoms with van der Waals surface area (Å²) in [6.07, 6.45) is 2.94. The first kappa shape index (κ1) is 19.3. The molecule has 0 saturated carbocycles. The van der Waals surface area contributed by atoms with Crippen LogP contribution in [-0.4, -0.2) is 49.2 Å². The highest BCUT2D eigenvalue weighted by Crippen LogP contribution is 2.24. The third kappa shape index (κ3) is 4.69. The number of fused-ring (bicyclic) bond motifs is 1. The highest BCUT2D eigenvalue weighted by Gasteiger charge is 2.16. The van der Waals surface area contributed by atoms with Crippen molar-refractivity contribution in [1.29, 1.82) is 0 Å². The van der Waals surface area contributed by atoms with Crippen molar-refractivity contribution >= 4 is 45.5 Å². The Bertz CT molecular complexity index is 921. The van der Waals surface area contributed by atoms with Crippen molar-refractivity contribution in [3.05, 3.63) is 64.8 Å². The van der Waals surface area contributed by atoms with Crippen LogP contribution in [0.1, 0.15) is 6.42 Å². The molecule has 2 aromatic carbocycles. The highest BCUT2D eigenvalue weighted by molar-refractivity contribution is 6.31. The third-order valence-corrected chi connectivity index (χ3v) is 5.72. The Morgan fingerprint density at radius 3 is 2.43 bits per heavy atom. The molecule has 0 bridgehead atoms. The quantitative estimate of drug-likeness (QED) is 0.563. The number of anilines is 2. The van der Waals surface area contributed by atoms with Gasteiger partial charge in [0.15, 0.2) is 0 Å². The molecule has 3 aromatic rings. The second-order valence-electron chi connectivity index (χ2n) is 7.11. The van der Waals surface area contributed by atoms with Gasteiger partial charge in [0, 0.05) is 65.7 Å². The van der Waals surface area contributed by atoms with Gasteiger partial charge in [-0.2, -0.15) is 0 Å². The molecule has 0 radical (unpaired) electrons. The van der Waals surface area contributed by atoms with Crippen LogP contribution in [0.3, 0.4) is 0 Å². The molecule has 0 spiro atoms. The lowest BCUT2D eigenvalue weighted by atomic mass is 10.2. The first-order valence-electron chi connectivity index (χ1n) is 9.70. The number of piperazine rings is 1. The van der Waals surface area contributed by atoms with Crippen molar-refractivity contribution in [2.45, 2.75) is 6.42 Å². The van der Waals surface area contributed by atoms with E-state index in [9.17, 15) is 0 Å². The number of halogens is 2. The van der Waals surface area contributed by atoms with Gasteiger partial charge in [0.2, 0.25) is 0 Å². The molecule has 146 valence electrons. The van der Waals surface area contributed by atoms with Gasteiger partial charge in [0.1, 0.15) is 0 Å². The van der Waals surface area contributed by atoms with E-state index in [0.717, 1.165) is 72.3 Å². The van der Waals surface area contributed by atoms with E-state index in [0.29, 0.717) is 0 Å². The average Bonchev–Trinajstić information content (AvgIpc) is 2.72. The Balaban J connectivity index is 1.23. The van der Waals surface area contributed by atoms with Gasteiger partial charge >= 0.3 is 0 Å². The Hall–Kier alpha value is -2.01. The number of benzene rings is 2. The standard InChI is InChI=1S/C22H24Cl2N4/c23-17-2-5-19(6-3-17)28-14-12-27(13-15-28)11-1-9-25-21-8-10-26-22-16-18(24)4-7-20(21)22/h2-8,10,16H,1,9,11-15H2,(H,25,26). The molecule has 1 saturated heterocycles. The second kappa shape index (κ2) is 8.99. The summed E-state index contributed by atoms with van der Waals surface area (Å²) in [5.41, 5.74) is 3.31. The van der Waals surface area contributed by atoms with E-state index in [-0.39, 0.29) is 0 Å². The number of aromatic nitrogens is 1. The van der Waals surface area contributed by atoms with E-state index in [1.165, 1.54) is 5.69 Å². The zero-order valence-electron chi connectivity index (χ0n) is 15.7. The van der Waals surface area contributed by atoms with Crippen molar-refractivity contribution in [3.63, 3.8) is 0 Å². The van der Waals surface area contributed by atoms with Crippen molar-refractivity contribution in [1.82, 2.24) is 9.88 Å². The normalized spacial score (nSPS) is 15.1. The fraction of sp³-hybridized carbons (Fsp3) is 0.318. The summed E-state index contributed by atoms with van der Waals surface area (Å²) in [4.78, 5) is 9.37. The topological polar surface area (TPSA) is 31.4 Å². The van der Waals surface area contributed by atoms with Crippen molar-refractivity contribution < 1.29 is 0 Å². The van der Waals surface area contributed by atoms with E-state index in [4.69, 9.17) is 23.2 Å². The zero-order chi connectivity index (χ0) is 19.3. The van der Waals surface area contributed by atoms with Crippen molar-refractivity contribution in [2.24, 2.45) is 0 Å². The summed E-state index contributed by atoms with van der Waals surface area (Å²) in [6, 6.07) is 16.0. The summed E-state index contributed by atoms with van der Waals surface area (Å²) in [6.45, 7) is 6.36.